The predicted octanol–water partition coefficient (Wildman–Crippen LogP) is 2.77. The third-order valence-electron chi connectivity index (χ3n) is 2.33. The Balaban J connectivity index is 2.02. The lowest BCUT2D eigenvalue weighted by Gasteiger charge is -2.04. The number of hydrogen-bond acceptors (Lipinski definition) is 7. The Morgan fingerprint density at radius 2 is 2.26 bits per heavy atom. The Labute approximate surface area is 115 Å². The minimum Gasteiger partial charge on any atom is -0.476 e. The van der Waals surface area contributed by atoms with E-state index in [1.165, 1.54) is 0 Å². The van der Waals surface area contributed by atoms with Gasteiger partial charge in [0.25, 0.3) is 6.01 Å². The number of carbonyl (C=O) groups is 1. The van der Waals surface area contributed by atoms with Crippen molar-refractivity contribution < 1.29 is 14.3 Å². The highest BCUT2D eigenvalue weighted by atomic mass is 35.5. The molecule has 0 bridgehead atoms. The molecule has 2 N–H and O–H groups in total. The number of carboxylic acids is 1. The third-order valence-corrected chi connectivity index (χ3v) is 3.19. The molecule has 0 amide bonds. The summed E-state index contributed by atoms with van der Waals surface area (Å²) in [4.78, 5) is 14.5. The maximum absolute atomic E-state index is 10.7. The third kappa shape index (κ3) is 2.11. The van der Waals surface area contributed by atoms with Crippen molar-refractivity contribution in [1.82, 2.24) is 13.7 Å². The topological polar surface area (TPSA) is 101 Å². The van der Waals surface area contributed by atoms with Crippen molar-refractivity contribution >= 4 is 52.0 Å². The first-order valence-corrected chi connectivity index (χ1v) is 6.12. The van der Waals surface area contributed by atoms with Crippen molar-refractivity contribution in [3.05, 3.63) is 29.1 Å². The predicted molar refractivity (Wildman–Crippen MR) is 69.2 cm³/mol. The molecule has 1 aromatic carbocycles. The average molecular weight is 297 g/mol. The number of aromatic nitrogens is 3. The molecule has 2 heterocycles. The molecular formula is C10H5ClN4O3S. The normalized spacial score (nSPS) is 10.8. The van der Waals surface area contributed by atoms with E-state index in [-0.39, 0.29) is 11.7 Å². The van der Waals surface area contributed by atoms with Gasteiger partial charge in [0.1, 0.15) is 17.3 Å². The zero-order valence-electron chi connectivity index (χ0n) is 9.12. The van der Waals surface area contributed by atoms with E-state index in [9.17, 15) is 4.79 Å². The van der Waals surface area contributed by atoms with Gasteiger partial charge >= 0.3 is 5.97 Å². The second kappa shape index (κ2) is 4.48. The van der Waals surface area contributed by atoms with Gasteiger partial charge in [-0.25, -0.2) is 4.79 Å². The van der Waals surface area contributed by atoms with Gasteiger partial charge in [-0.2, -0.15) is 13.7 Å². The Kier molecular flexibility index (Phi) is 2.80. The van der Waals surface area contributed by atoms with Crippen LogP contribution in [0.1, 0.15) is 10.5 Å². The fourth-order valence-corrected chi connectivity index (χ4v) is 2.22. The molecule has 3 rings (SSSR count). The highest BCUT2D eigenvalue weighted by Gasteiger charge is 2.14. The summed E-state index contributed by atoms with van der Waals surface area (Å²) in [6.07, 6.45) is 1.04. The minimum atomic E-state index is -1.17. The summed E-state index contributed by atoms with van der Waals surface area (Å²) in [6, 6.07) is 3.43. The van der Waals surface area contributed by atoms with Crippen molar-refractivity contribution in [1.29, 1.82) is 0 Å². The largest absolute Gasteiger partial charge is 0.476 e. The van der Waals surface area contributed by atoms with E-state index in [1.54, 1.807) is 12.1 Å². The molecule has 0 spiro atoms. The standard InChI is InChI=1S/C10H5ClN4O3S/c11-4-1-2-5-8(15-19-14-5)7(4)13-10-12-6(3-18-10)9(16)17/h1-3H,(H,12,13)(H,16,17). The lowest BCUT2D eigenvalue weighted by molar-refractivity contribution is 0.0690. The van der Waals surface area contributed by atoms with Crippen LogP contribution >= 0.6 is 23.3 Å². The summed E-state index contributed by atoms with van der Waals surface area (Å²) in [5.74, 6) is -1.17. The lowest BCUT2D eigenvalue weighted by Crippen LogP contribution is -1.97. The minimum absolute atomic E-state index is 0.0276. The molecule has 0 saturated heterocycles. The molecule has 96 valence electrons. The lowest BCUT2D eigenvalue weighted by atomic mass is 10.2. The highest BCUT2D eigenvalue weighted by molar-refractivity contribution is 7.00. The maximum Gasteiger partial charge on any atom is 0.357 e. The van der Waals surface area contributed by atoms with Gasteiger partial charge in [-0.1, -0.05) is 11.6 Å². The number of rotatable bonds is 3. The molecule has 2 aromatic heterocycles. The molecular weight excluding hydrogens is 292 g/mol. The molecule has 0 atom stereocenters. The number of fused-ring (bicyclic) bond motifs is 1. The second-order valence-electron chi connectivity index (χ2n) is 3.52. The molecule has 0 aliphatic carbocycles. The molecule has 7 nitrogen and oxygen atoms in total. The first-order valence-electron chi connectivity index (χ1n) is 5.02. The molecule has 0 aliphatic rings. The highest BCUT2D eigenvalue weighted by Crippen LogP contribution is 2.32. The van der Waals surface area contributed by atoms with Gasteiger partial charge in [0.2, 0.25) is 0 Å². The molecule has 0 fully saturated rings. The zero-order valence-corrected chi connectivity index (χ0v) is 10.7. The van der Waals surface area contributed by atoms with E-state index >= 15 is 0 Å². The van der Waals surface area contributed by atoms with Gasteiger partial charge in [0.05, 0.1) is 22.4 Å². The molecule has 0 saturated carbocycles. The monoisotopic (exact) mass is 296 g/mol. The number of anilines is 2. The fourth-order valence-electron chi connectivity index (χ4n) is 1.48. The Morgan fingerprint density at radius 3 is 3.00 bits per heavy atom. The van der Waals surface area contributed by atoms with Crippen molar-refractivity contribution in [2.75, 3.05) is 5.32 Å². The quantitative estimate of drug-likeness (QED) is 0.766. The molecule has 0 radical (unpaired) electrons. The van der Waals surface area contributed by atoms with Gasteiger partial charge in [-0.3, -0.25) is 0 Å². The van der Waals surface area contributed by atoms with Gasteiger partial charge < -0.3 is 14.8 Å². The maximum atomic E-state index is 10.7. The van der Waals surface area contributed by atoms with Crippen LogP contribution in [0.3, 0.4) is 0 Å². The molecule has 19 heavy (non-hydrogen) atoms. The fraction of sp³-hybridized carbons (Fsp3) is 0. The molecule has 0 unspecified atom stereocenters. The first-order chi connectivity index (χ1) is 9.15. The van der Waals surface area contributed by atoms with Crippen LogP contribution in [0, 0.1) is 0 Å². The first kappa shape index (κ1) is 11.9. The van der Waals surface area contributed by atoms with Gasteiger partial charge in [0.15, 0.2) is 5.69 Å². The van der Waals surface area contributed by atoms with Crippen LogP contribution in [0.15, 0.2) is 22.8 Å². The average Bonchev–Trinajstić information content (AvgIpc) is 3.01. The summed E-state index contributed by atoms with van der Waals surface area (Å²) in [5.41, 5.74) is 1.54. The summed E-state index contributed by atoms with van der Waals surface area (Å²) in [7, 11) is 0. The van der Waals surface area contributed by atoms with E-state index in [2.05, 4.69) is 19.0 Å². The molecule has 9 heteroatoms. The van der Waals surface area contributed by atoms with Crippen LogP contribution in [-0.2, 0) is 0 Å². The number of carboxylic acid groups (broad SMARTS) is 1. The van der Waals surface area contributed by atoms with Crippen molar-refractivity contribution in [3.63, 3.8) is 0 Å². The van der Waals surface area contributed by atoms with Crippen LogP contribution in [0.2, 0.25) is 5.02 Å². The summed E-state index contributed by atoms with van der Waals surface area (Å²) >= 11 is 7.12. The van der Waals surface area contributed by atoms with Crippen LogP contribution in [0.5, 0.6) is 0 Å². The summed E-state index contributed by atoms with van der Waals surface area (Å²) in [5, 5.41) is 12.0. The van der Waals surface area contributed by atoms with Crippen LogP contribution < -0.4 is 5.32 Å². The van der Waals surface area contributed by atoms with Crippen molar-refractivity contribution in [2.24, 2.45) is 0 Å². The summed E-state index contributed by atoms with van der Waals surface area (Å²) < 4.78 is 13.2. The Bertz CT molecular complexity index is 769. The van der Waals surface area contributed by atoms with E-state index in [4.69, 9.17) is 21.1 Å². The number of hydrogen-bond donors (Lipinski definition) is 2. The van der Waals surface area contributed by atoms with Crippen LogP contribution in [0.25, 0.3) is 11.0 Å². The Morgan fingerprint density at radius 1 is 1.42 bits per heavy atom. The molecule has 0 aliphatic heterocycles. The number of oxazole rings is 1. The smallest absolute Gasteiger partial charge is 0.357 e. The second-order valence-corrected chi connectivity index (χ2v) is 4.46. The Hall–Kier alpha value is -2.19. The summed E-state index contributed by atoms with van der Waals surface area (Å²) in [6.45, 7) is 0. The van der Waals surface area contributed by atoms with E-state index in [0.717, 1.165) is 18.0 Å². The SMILES string of the molecule is O=C(O)c1coc(Nc2c(Cl)ccc3nsnc23)n1. The van der Waals surface area contributed by atoms with E-state index in [0.29, 0.717) is 21.7 Å². The van der Waals surface area contributed by atoms with Gasteiger partial charge in [0, 0.05) is 0 Å². The van der Waals surface area contributed by atoms with Crippen molar-refractivity contribution in [3.8, 4) is 0 Å². The number of nitrogens with zero attached hydrogens (tertiary/aromatic N) is 3. The van der Waals surface area contributed by atoms with E-state index < -0.39 is 5.97 Å². The van der Waals surface area contributed by atoms with Gasteiger partial charge in [-0.15, -0.1) is 0 Å². The number of aromatic carboxylic acids is 1. The number of benzene rings is 1. The number of nitrogens with one attached hydrogen (secondary N) is 1. The molecule has 3 aromatic rings. The zero-order chi connectivity index (χ0) is 13.4. The number of halogens is 1. The van der Waals surface area contributed by atoms with Crippen molar-refractivity contribution in [2.45, 2.75) is 0 Å². The van der Waals surface area contributed by atoms with Crippen LogP contribution in [-0.4, -0.2) is 24.8 Å². The van der Waals surface area contributed by atoms with Crippen LogP contribution in [0.4, 0.5) is 11.7 Å². The van der Waals surface area contributed by atoms with Gasteiger partial charge in [-0.05, 0) is 12.1 Å². The van der Waals surface area contributed by atoms with E-state index in [1.807, 2.05) is 0 Å².